The average molecular weight is 294 g/mol. The molecule has 0 unspecified atom stereocenters. The van der Waals surface area contributed by atoms with Gasteiger partial charge < -0.3 is 9.94 Å². The van der Waals surface area contributed by atoms with Gasteiger partial charge in [0.1, 0.15) is 12.3 Å². The second-order valence-electron chi connectivity index (χ2n) is 5.33. The van der Waals surface area contributed by atoms with Crippen LogP contribution >= 0.6 is 0 Å². The van der Waals surface area contributed by atoms with E-state index in [2.05, 4.69) is 0 Å². The molecule has 0 amide bonds. The van der Waals surface area contributed by atoms with Crippen LogP contribution in [0.5, 0.6) is 5.75 Å². The zero-order valence-electron chi connectivity index (χ0n) is 12.7. The average Bonchev–Trinajstić information content (AvgIpc) is 2.90. The third-order valence-corrected chi connectivity index (χ3v) is 3.68. The van der Waals surface area contributed by atoms with Crippen molar-refractivity contribution in [3.8, 4) is 16.9 Å². The Morgan fingerprint density at radius 3 is 2.32 bits per heavy atom. The highest BCUT2D eigenvalue weighted by atomic mass is 16.5. The highest BCUT2D eigenvalue weighted by molar-refractivity contribution is 5.61. The van der Waals surface area contributed by atoms with Gasteiger partial charge in [0.2, 0.25) is 6.20 Å². The standard InChI is InChI=1S/C18H18N2O2/c1-14-3-7-16(8-4-14)17-12-19(20(21)13-17)11-15-5-9-18(22-2)10-6-15/h3-10,12-13H,11H2,1-2H3. The predicted octanol–water partition coefficient (Wildman–Crippen LogP) is 3.15. The lowest BCUT2D eigenvalue weighted by molar-refractivity contribution is -0.693. The largest absolute Gasteiger partial charge is 0.596 e. The van der Waals surface area contributed by atoms with Crippen molar-refractivity contribution in [3.05, 3.63) is 77.3 Å². The molecule has 0 fully saturated rings. The van der Waals surface area contributed by atoms with Crippen LogP contribution in [0.1, 0.15) is 11.1 Å². The second kappa shape index (κ2) is 5.93. The van der Waals surface area contributed by atoms with Gasteiger partial charge in [-0.15, -0.1) is 4.68 Å². The molecule has 3 rings (SSSR count). The van der Waals surface area contributed by atoms with Crippen molar-refractivity contribution in [3.63, 3.8) is 0 Å². The Hall–Kier alpha value is -2.75. The summed E-state index contributed by atoms with van der Waals surface area (Å²) in [7, 11) is 1.64. The summed E-state index contributed by atoms with van der Waals surface area (Å²) in [6, 6.07) is 15.9. The molecular weight excluding hydrogens is 276 g/mol. The summed E-state index contributed by atoms with van der Waals surface area (Å²) in [4.78, 5) is 0.874. The van der Waals surface area contributed by atoms with Crippen molar-refractivity contribution >= 4 is 0 Å². The topological polar surface area (TPSA) is 41.1 Å². The van der Waals surface area contributed by atoms with Crippen LogP contribution in [0.15, 0.2) is 60.9 Å². The molecule has 0 spiro atoms. The fraction of sp³-hybridized carbons (Fsp3) is 0.167. The number of methoxy groups -OCH3 is 1. The molecule has 1 aromatic heterocycles. The summed E-state index contributed by atoms with van der Waals surface area (Å²) >= 11 is 0. The van der Waals surface area contributed by atoms with E-state index in [-0.39, 0.29) is 0 Å². The first-order chi connectivity index (χ1) is 10.7. The zero-order chi connectivity index (χ0) is 15.5. The van der Waals surface area contributed by atoms with E-state index in [0.717, 1.165) is 27.3 Å². The first-order valence-electron chi connectivity index (χ1n) is 7.15. The Labute approximate surface area is 129 Å². The smallest absolute Gasteiger partial charge is 0.217 e. The van der Waals surface area contributed by atoms with Crippen LogP contribution in [0.3, 0.4) is 0 Å². The van der Waals surface area contributed by atoms with Gasteiger partial charge in [-0.1, -0.05) is 46.8 Å². The molecular formula is C18H18N2O2. The van der Waals surface area contributed by atoms with Gasteiger partial charge in [-0.05, 0) is 30.2 Å². The Bertz CT molecular complexity index is 759. The van der Waals surface area contributed by atoms with E-state index in [1.807, 2.05) is 61.7 Å². The van der Waals surface area contributed by atoms with E-state index >= 15 is 0 Å². The summed E-state index contributed by atoms with van der Waals surface area (Å²) in [6.07, 6.45) is 3.48. The fourth-order valence-corrected chi connectivity index (χ4v) is 2.37. The normalized spacial score (nSPS) is 10.6. The lowest BCUT2D eigenvalue weighted by atomic mass is 10.1. The molecule has 3 aromatic rings. The summed E-state index contributed by atoms with van der Waals surface area (Å²) in [5.74, 6) is 0.812. The van der Waals surface area contributed by atoms with E-state index in [1.54, 1.807) is 18.0 Å². The lowest BCUT2D eigenvalue weighted by Crippen LogP contribution is -2.36. The minimum absolute atomic E-state index is 0.527. The highest BCUT2D eigenvalue weighted by Gasteiger charge is 2.10. The maximum atomic E-state index is 12.1. The molecule has 22 heavy (non-hydrogen) atoms. The highest BCUT2D eigenvalue weighted by Crippen LogP contribution is 2.19. The van der Waals surface area contributed by atoms with E-state index in [0.29, 0.717) is 6.54 Å². The Morgan fingerprint density at radius 2 is 1.68 bits per heavy atom. The first-order valence-corrected chi connectivity index (χ1v) is 7.15. The molecule has 0 N–H and O–H groups in total. The SMILES string of the molecule is COc1ccc(Cn2cc(-c3ccc(C)cc3)c[n+]2[O-])cc1. The number of rotatable bonds is 4. The van der Waals surface area contributed by atoms with Crippen LogP contribution in [-0.4, -0.2) is 11.8 Å². The molecule has 1 heterocycles. The Kier molecular flexibility index (Phi) is 3.83. The molecule has 0 saturated carbocycles. The molecule has 4 heteroatoms. The van der Waals surface area contributed by atoms with Gasteiger partial charge in [-0.3, -0.25) is 0 Å². The third-order valence-electron chi connectivity index (χ3n) is 3.68. The molecule has 2 aromatic carbocycles. The van der Waals surface area contributed by atoms with Crippen molar-refractivity contribution in [2.75, 3.05) is 7.11 Å². The first kappa shape index (κ1) is 14.2. The molecule has 0 saturated heterocycles. The van der Waals surface area contributed by atoms with Gasteiger partial charge in [0.15, 0.2) is 0 Å². The van der Waals surface area contributed by atoms with Gasteiger partial charge >= 0.3 is 0 Å². The van der Waals surface area contributed by atoms with Gasteiger partial charge in [0, 0.05) is 0 Å². The quantitative estimate of drug-likeness (QED) is 0.548. The van der Waals surface area contributed by atoms with Crippen LogP contribution in [0.2, 0.25) is 0 Å². The second-order valence-corrected chi connectivity index (χ2v) is 5.33. The van der Waals surface area contributed by atoms with Gasteiger partial charge in [-0.25, -0.2) is 0 Å². The van der Waals surface area contributed by atoms with Crippen LogP contribution < -0.4 is 9.58 Å². The van der Waals surface area contributed by atoms with Crippen LogP contribution in [0.25, 0.3) is 11.1 Å². The third kappa shape index (κ3) is 2.96. The summed E-state index contributed by atoms with van der Waals surface area (Å²) in [6.45, 7) is 2.58. The zero-order valence-corrected chi connectivity index (χ0v) is 12.7. The molecule has 0 aliphatic heterocycles. The number of hydrogen-bond acceptors (Lipinski definition) is 2. The molecule has 0 radical (unpaired) electrons. The summed E-state index contributed by atoms with van der Waals surface area (Å²) < 4.78 is 6.79. The van der Waals surface area contributed by atoms with Crippen molar-refractivity contribution in [2.24, 2.45) is 0 Å². The minimum Gasteiger partial charge on any atom is -0.596 e. The van der Waals surface area contributed by atoms with Crippen LogP contribution in [0.4, 0.5) is 0 Å². The lowest BCUT2D eigenvalue weighted by Gasteiger charge is -2.04. The number of nitrogens with zero attached hydrogens (tertiary/aromatic N) is 2. The van der Waals surface area contributed by atoms with Crippen molar-refractivity contribution in [2.45, 2.75) is 13.5 Å². The summed E-state index contributed by atoms with van der Waals surface area (Å²) in [5, 5.41) is 12.1. The number of benzene rings is 2. The molecule has 0 aliphatic carbocycles. The number of hydrogen-bond donors (Lipinski definition) is 0. The van der Waals surface area contributed by atoms with Gasteiger partial charge in [-0.2, -0.15) is 0 Å². The van der Waals surface area contributed by atoms with Crippen molar-refractivity contribution in [1.82, 2.24) is 4.68 Å². The molecule has 112 valence electrons. The van der Waals surface area contributed by atoms with Gasteiger partial charge in [0.25, 0.3) is 0 Å². The molecule has 0 atom stereocenters. The maximum Gasteiger partial charge on any atom is 0.217 e. The molecule has 4 nitrogen and oxygen atoms in total. The van der Waals surface area contributed by atoms with Gasteiger partial charge in [0.05, 0.1) is 18.9 Å². The molecule has 0 bridgehead atoms. The number of aromatic nitrogens is 2. The minimum atomic E-state index is 0.527. The maximum absolute atomic E-state index is 12.1. The fourth-order valence-electron chi connectivity index (χ4n) is 2.37. The van der Waals surface area contributed by atoms with E-state index in [9.17, 15) is 5.21 Å². The van der Waals surface area contributed by atoms with Crippen LogP contribution in [-0.2, 0) is 6.54 Å². The Balaban J connectivity index is 1.84. The Morgan fingerprint density at radius 1 is 1.00 bits per heavy atom. The summed E-state index contributed by atoms with van der Waals surface area (Å²) in [5.41, 5.74) is 4.22. The number of ether oxygens (including phenoxy) is 1. The predicted molar refractivity (Wildman–Crippen MR) is 85.7 cm³/mol. The van der Waals surface area contributed by atoms with Crippen molar-refractivity contribution in [1.29, 1.82) is 0 Å². The van der Waals surface area contributed by atoms with E-state index < -0.39 is 0 Å². The number of aryl methyl sites for hydroxylation is 1. The van der Waals surface area contributed by atoms with E-state index in [1.165, 1.54) is 5.56 Å². The van der Waals surface area contributed by atoms with Crippen LogP contribution in [0, 0.1) is 12.1 Å². The van der Waals surface area contributed by atoms with Crippen molar-refractivity contribution < 1.29 is 9.58 Å². The molecule has 0 aliphatic rings. The van der Waals surface area contributed by atoms with E-state index in [4.69, 9.17) is 4.74 Å². The monoisotopic (exact) mass is 294 g/mol.